The van der Waals surface area contributed by atoms with Gasteiger partial charge in [-0.05, 0) is 6.42 Å². The number of carboxylic acid groups (broad SMARTS) is 1. The fourth-order valence-corrected chi connectivity index (χ4v) is 3.00. The van der Waals surface area contributed by atoms with Crippen LogP contribution in [-0.4, -0.2) is 20.6 Å². The first-order valence-electron chi connectivity index (χ1n) is 6.67. The molecule has 0 unspecified atom stereocenters. The minimum Gasteiger partial charge on any atom is -0.477 e. The topological polar surface area (TPSA) is 102 Å². The van der Waals surface area contributed by atoms with Crippen molar-refractivity contribution in [2.75, 3.05) is 0 Å². The molecule has 22 heavy (non-hydrogen) atoms. The highest BCUT2D eigenvalue weighted by Crippen LogP contribution is 2.29. The Hall–Kier alpha value is -2.48. The number of unbranched alkanes of at least 4 members (excludes halogenated alkanes) is 1. The number of aromatic nitrogens is 1. The Morgan fingerprint density at radius 3 is 2.77 bits per heavy atom. The number of nitro benzene ring substituents is 1. The van der Waals surface area contributed by atoms with Gasteiger partial charge >= 0.3 is 10.8 Å². The lowest BCUT2D eigenvalue weighted by molar-refractivity contribution is -0.384. The van der Waals surface area contributed by atoms with E-state index in [0.717, 1.165) is 12.8 Å². The predicted octanol–water partition coefficient (Wildman–Crippen LogP) is 2.98. The fourth-order valence-electron chi connectivity index (χ4n) is 2.12. The van der Waals surface area contributed by atoms with E-state index >= 15 is 0 Å². The van der Waals surface area contributed by atoms with Crippen molar-refractivity contribution in [3.05, 3.63) is 48.9 Å². The molecule has 8 heteroatoms. The summed E-state index contributed by atoms with van der Waals surface area (Å²) in [5.41, 5.74) is 0.454. The molecular formula is C14H14N2O5S. The van der Waals surface area contributed by atoms with E-state index in [4.69, 9.17) is 0 Å². The zero-order valence-electron chi connectivity index (χ0n) is 11.8. The van der Waals surface area contributed by atoms with Gasteiger partial charge in [-0.1, -0.05) is 36.8 Å². The van der Waals surface area contributed by atoms with Crippen LogP contribution in [0, 0.1) is 10.1 Å². The molecule has 0 atom stereocenters. The number of nitrogens with zero attached hydrogens (tertiary/aromatic N) is 2. The highest BCUT2D eigenvalue weighted by atomic mass is 32.1. The van der Waals surface area contributed by atoms with Crippen LogP contribution in [-0.2, 0) is 6.54 Å². The van der Waals surface area contributed by atoms with Gasteiger partial charge in [-0.15, -0.1) is 0 Å². The maximum Gasteiger partial charge on any atom is 0.348 e. The molecule has 1 N–H and O–H groups in total. The van der Waals surface area contributed by atoms with E-state index in [1.54, 1.807) is 6.07 Å². The van der Waals surface area contributed by atoms with Gasteiger partial charge in [0.25, 0.3) is 5.69 Å². The molecule has 0 amide bonds. The molecule has 1 heterocycles. The molecule has 0 fully saturated rings. The lowest BCUT2D eigenvalue weighted by atomic mass is 10.1. The van der Waals surface area contributed by atoms with Crippen LogP contribution >= 0.6 is 11.3 Å². The molecular weight excluding hydrogens is 308 g/mol. The molecule has 0 radical (unpaired) electrons. The Labute approximate surface area is 129 Å². The molecule has 1 aromatic heterocycles. The normalized spacial score (nSPS) is 10.6. The predicted molar refractivity (Wildman–Crippen MR) is 82.5 cm³/mol. The monoisotopic (exact) mass is 322 g/mol. The zero-order valence-corrected chi connectivity index (χ0v) is 12.6. The molecule has 2 rings (SSSR count). The molecule has 116 valence electrons. The number of nitro groups is 1. The van der Waals surface area contributed by atoms with Gasteiger partial charge in [0, 0.05) is 24.2 Å². The van der Waals surface area contributed by atoms with Gasteiger partial charge in [-0.25, -0.2) is 4.79 Å². The second kappa shape index (κ2) is 6.52. The number of non-ortho nitro benzene ring substituents is 1. The number of carbonyl (C=O) groups is 1. The molecule has 0 spiro atoms. The van der Waals surface area contributed by atoms with Crippen molar-refractivity contribution in [3.63, 3.8) is 0 Å². The summed E-state index contributed by atoms with van der Waals surface area (Å²) in [6.45, 7) is 2.35. The third kappa shape index (κ3) is 3.06. The second-order valence-electron chi connectivity index (χ2n) is 4.66. The molecule has 0 saturated carbocycles. The summed E-state index contributed by atoms with van der Waals surface area (Å²) in [7, 11) is 0. The number of benzene rings is 1. The summed E-state index contributed by atoms with van der Waals surface area (Å²) in [6, 6.07) is 5.66. The molecule has 0 bridgehead atoms. The summed E-state index contributed by atoms with van der Waals surface area (Å²) in [4.78, 5) is 33.3. The Bertz CT molecular complexity index is 778. The third-order valence-electron chi connectivity index (χ3n) is 3.15. The van der Waals surface area contributed by atoms with Crippen molar-refractivity contribution < 1.29 is 14.8 Å². The van der Waals surface area contributed by atoms with E-state index in [0.29, 0.717) is 23.4 Å². The summed E-state index contributed by atoms with van der Waals surface area (Å²) < 4.78 is 1.39. The Kier molecular flexibility index (Phi) is 4.71. The fraction of sp³-hybridized carbons (Fsp3) is 0.286. The Morgan fingerprint density at radius 1 is 1.45 bits per heavy atom. The van der Waals surface area contributed by atoms with Gasteiger partial charge in [0.1, 0.15) is 4.88 Å². The number of thiazole rings is 1. The highest BCUT2D eigenvalue weighted by molar-refractivity contribution is 7.11. The Balaban J connectivity index is 2.66. The average Bonchev–Trinajstić information content (AvgIpc) is 2.82. The van der Waals surface area contributed by atoms with Crippen molar-refractivity contribution in [2.24, 2.45) is 0 Å². The molecule has 0 aliphatic heterocycles. The van der Waals surface area contributed by atoms with E-state index < -0.39 is 10.9 Å². The van der Waals surface area contributed by atoms with E-state index in [9.17, 15) is 24.8 Å². The van der Waals surface area contributed by atoms with Crippen molar-refractivity contribution in [1.29, 1.82) is 0 Å². The molecule has 2 aromatic rings. The van der Waals surface area contributed by atoms with Gasteiger partial charge in [0.2, 0.25) is 0 Å². The van der Waals surface area contributed by atoms with Gasteiger partial charge in [-0.2, -0.15) is 0 Å². The van der Waals surface area contributed by atoms with Gasteiger partial charge in [-0.3, -0.25) is 19.5 Å². The maximum atomic E-state index is 12.0. The minimum absolute atomic E-state index is 0.0957. The van der Waals surface area contributed by atoms with Gasteiger partial charge in [0.05, 0.1) is 10.6 Å². The summed E-state index contributed by atoms with van der Waals surface area (Å²) in [5.74, 6) is -1.21. The first-order valence-corrected chi connectivity index (χ1v) is 7.49. The molecule has 7 nitrogen and oxygen atoms in total. The standard InChI is InChI=1S/C14H14N2O5S/c1-2-3-7-15-11(12(13(17)18)22-14(15)19)9-5-4-6-10(8-9)16(20)21/h4-6,8H,2-3,7H2,1H3,(H,17,18). The summed E-state index contributed by atoms with van der Waals surface area (Å²) in [6.07, 6.45) is 1.57. The molecule has 0 aliphatic rings. The molecule has 0 aliphatic carbocycles. The number of hydrogen-bond donors (Lipinski definition) is 1. The van der Waals surface area contributed by atoms with E-state index in [1.807, 2.05) is 6.92 Å². The van der Waals surface area contributed by atoms with Crippen LogP contribution < -0.4 is 4.87 Å². The third-order valence-corrected chi connectivity index (χ3v) is 4.12. The average molecular weight is 322 g/mol. The van der Waals surface area contributed by atoms with Crippen LogP contribution in [0.15, 0.2) is 29.1 Å². The second-order valence-corrected chi connectivity index (χ2v) is 5.63. The van der Waals surface area contributed by atoms with Crippen molar-refractivity contribution in [2.45, 2.75) is 26.3 Å². The number of hydrogen-bond acceptors (Lipinski definition) is 5. The highest BCUT2D eigenvalue weighted by Gasteiger charge is 2.22. The first kappa shape index (κ1) is 15.9. The number of rotatable bonds is 6. The van der Waals surface area contributed by atoms with Crippen LogP contribution in [0.5, 0.6) is 0 Å². The van der Waals surface area contributed by atoms with Crippen molar-refractivity contribution in [3.8, 4) is 11.3 Å². The van der Waals surface area contributed by atoms with Crippen molar-refractivity contribution in [1.82, 2.24) is 4.57 Å². The maximum absolute atomic E-state index is 12.0. The quantitative estimate of drug-likeness (QED) is 0.650. The molecule has 1 aromatic carbocycles. The largest absolute Gasteiger partial charge is 0.477 e. The van der Waals surface area contributed by atoms with E-state index in [2.05, 4.69) is 0 Å². The SMILES string of the molecule is CCCCn1c(-c2cccc([N+](=O)[O-])c2)c(C(=O)O)sc1=O. The molecule has 0 saturated heterocycles. The number of carboxylic acids is 1. The summed E-state index contributed by atoms with van der Waals surface area (Å²) in [5, 5.41) is 20.2. The van der Waals surface area contributed by atoms with Crippen LogP contribution in [0.2, 0.25) is 0 Å². The van der Waals surface area contributed by atoms with Gasteiger partial charge < -0.3 is 5.11 Å². The van der Waals surface area contributed by atoms with Crippen LogP contribution in [0.3, 0.4) is 0 Å². The summed E-state index contributed by atoms with van der Waals surface area (Å²) >= 11 is 0.647. The van der Waals surface area contributed by atoms with Crippen LogP contribution in [0.1, 0.15) is 29.4 Å². The van der Waals surface area contributed by atoms with Crippen LogP contribution in [0.25, 0.3) is 11.3 Å². The lowest BCUT2D eigenvalue weighted by Crippen LogP contribution is -2.14. The van der Waals surface area contributed by atoms with E-state index in [-0.39, 0.29) is 21.1 Å². The zero-order chi connectivity index (χ0) is 16.3. The minimum atomic E-state index is -1.21. The Morgan fingerprint density at radius 2 is 2.18 bits per heavy atom. The lowest BCUT2D eigenvalue weighted by Gasteiger charge is -2.08. The first-order chi connectivity index (χ1) is 10.5. The van der Waals surface area contributed by atoms with Crippen LogP contribution in [0.4, 0.5) is 5.69 Å². The smallest absolute Gasteiger partial charge is 0.348 e. The number of aromatic carboxylic acids is 1. The van der Waals surface area contributed by atoms with Crippen molar-refractivity contribution >= 4 is 23.0 Å². The van der Waals surface area contributed by atoms with E-state index in [1.165, 1.54) is 22.8 Å². The van der Waals surface area contributed by atoms with Gasteiger partial charge in [0.15, 0.2) is 0 Å².